The van der Waals surface area contributed by atoms with E-state index in [1.807, 2.05) is 0 Å². The fourth-order valence-electron chi connectivity index (χ4n) is 3.01. The van der Waals surface area contributed by atoms with Gasteiger partial charge in [-0.2, -0.15) is 23.5 Å². The molecule has 1 amide bonds. The average Bonchev–Trinajstić information content (AvgIpc) is 3.24. The van der Waals surface area contributed by atoms with Gasteiger partial charge in [-0.1, -0.05) is 0 Å². The van der Waals surface area contributed by atoms with Crippen LogP contribution in [0.2, 0.25) is 0 Å². The zero-order valence-electron chi connectivity index (χ0n) is 13.4. The second-order valence-corrected chi connectivity index (χ2v) is 6.17. The third kappa shape index (κ3) is 3.11. The number of nitrogens with zero attached hydrogens (tertiary/aromatic N) is 5. The maximum atomic E-state index is 12.7. The number of aromatic nitrogens is 6. The molecule has 4 rings (SSSR count). The van der Waals surface area contributed by atoms with E-state index >= 15 is 0 Å². The van der Waals surface area contributed by atoms with Crippen LogP contribution in [0.15, 0.2) is 18.3 Å². The molecular weight excluding hydrogens is 351 g/mol. The third-order valence-electron chi connectivity index (χ3n) is 4.35. The number of rotatable bonds is 3. The number of aromatic amines is 1. The summed E-state index contributed by atoms with van der Waals surface area (Å²) in [4.78, 5) is 20.0. The number of H-pyrrole nitrogens is 1. The standard InChI is InChI=1S/C15H14F3N7O/c16-15(17,18)11-7-25-6-8(1-4-12(25)21-11)5-19-14(26)10-3-2-9-13(20-10)23-24-22-9/h2-3,7-8H,1,4-6H2,(H,19,26)(H,20,22,23,24)/t8-/m1/s1. The number of hydrogen-bond donors (Lipinski definition) is 2. The van der Waals surface area contributed by atoms with Crippen LogP contribution in [0.5, 0.6) is 0 Å². The Kier molecular flexibility index (Phi) is 3.85. The van der Waals surface area contributed by atoms with Crippen LogP contribution in [0.3, 0.4) is 0 Å². The molecule has 0 saturated heterocycles. The summed E-state index contributed by atoms with van der Waals surface area (Å²) in [6.45, 7) is 0.727. The lowest BCUT2D eigenvalue weighted by Gasteiger charge is -2.23. The van der Waals surface area contributed by atoms with Gasteiger partial charge in [0.15, 0.2) is 5.69 Å². The van der Waals surface area contributed by atoms with Gasteiger partial charge in [-0.05, 0) is 24.5 Å². The number of pyridine rings is 1. The first-order chi connectivity index (χ1) is 12.4. The Hall–Kier alpha value is -2.98. The quantitative estimate of drug-likeness (QED) is 0.734. The second kappa shape index (κ2) is 6.07. The van der Waals surface area contributed by atoms with Crippen LogP contribution in [0.4, 0.5) is 13.2 Å². The number of imidazole rings is 1. The minimum atomic E-state index is -4.44. The van der Waals surface area contributed by atoms with Crippen molar-refractivity contribution in [3.63, 3.8) is 0 Å². The molecule has 0 radical (unpaired) electrons. The summed E-state index contributed by atoms with van der Waals surface area (Å²) in [6.07, 6.45) is -2.31. The molecular formula is C15H14F3N7O. The lowest BCUT2D eigenvalue weighted by Crippen LogP contribution is -2.34. The first kappa shape index (κ1) is 16.5. The van der Waals surface area contributed by atoms with Crippen LogP contribution in [-0.2, 0) is 19.1 Å². The Morgan fingerprint density at radius 2 is 2.15 bits per heavy atom. The third-order valence-corrected chi connectivity index (χ3v) is 4.35. The molecule has 11 heteroatoms. The van der Waals surface area contributed by atoms with Gasteiger partial charge in [0.2, 0.25) is 5.65 Å². The van der Waals surface area contributed by atoms with E-state index < -0.39 is 11.9 Å². The van der Waals surface area contributed by atoms with Crippen molar-refractivity contribution in [2.75, 3.05) is 6.54 Å². The van der Waals surface area contributed by atoms with Crippen molar-refractivity contribution in [2.45, 2.75) is 25.6 Å². The molecule has 1 aliphatic heterocycles. The largest absolute Gasteiger partial charge is 0.434 e. The number of aryl methyl sites for hydroxylation is 1. The van der Waals surface area contributed by atoms with Gasteiger partial charge in [-0.25, -0.2) is 9.97 Å². The van der Waals surface area contributed by atoms with Gasteiger partial charge < -0.3 is 9.88 Å². The molecule has 0 spiro atoms. The number of amides is 1. The van der Waals surface area contributed by atoms with Gasteiger partial charge in [-0.15, -0.1) is 5.10 Å². The minimum absolute atomic E-state index is 0.0255. The predicted octanol–water partition coefficient (Wildman–Crippen LogP) is 1.56. The first-order valence-electron chi connectivity index (χ1n) is 7.99. The van der Waals surface area contributed by atoms with E-state index in [1.165, 1.54) is 4.57 Å². The second-order valence-electron chi connectivity index (χ2n) is 6.17. The molecule has 2 N–H and O–H groups in total. The summed E-state index contributed by atoms with van der Waals surface area (Å²) in [7, 11) is 0. The molecule has 1 aliphatic rings. The van der Waals surface area contributed by atoms with Crippen LogP contribution < -0.4 is 5.32 Å². The average molecular weight is 365 g/mol. The van der Waals surface area contributed by atoms with E-state index in [9.17, 15) is 18.0 Å². The van der Waals surface area contributed by atoms with E-state index in [4.69, 9.17) is 0 Å². The van der Waals surface area contributed by atoms with Crippen molar-refractivity contribution in [1.29, 1.82) is 0 Å². The molecule has 8 nitrogen and oxygen atoms in total. The molecule has 0 unspecified atom stereocenters. The van der Waals surface area contributed by atoms with Gasteiger partial charge >= 0.3 is 6.18 Å². The van der Waals surface area contributed by atoms with E-state index in [1.54, 1.807) is 12.1 Å². The number of carbonyl (C=O) groups is 1. The van der Waals surface area contributed by atoms with Crippen LogP contribution in [-0.4, -0.2) is 42.4 Å². The number of nitrogens with one attached hydrogen (secondary N) is 2. The summed E-state index contributed by atoms with van der Waals surface area (Å²) in [6, 6.07) is 3.18. The molecule has 3 aromatic rings. The van der Waals surface area contributed by atoms with Crippen molar-refractivity contribution in [2.24, 2.45) is 5.92 Å². The van der Waals surface area contributed by atoms with Gasteiger partial charge in [0.05, 0.1) is 0 Å². The molecule has 3 aromatic heterocycles. The van der Waals surface area contributed by atoms with Gasteiger partial charge in [0.25, 0.3) is 5.91 Å². The summed E-state index contributed by atoms with van der Waals surface area (Å²) < 4.78 is 39.8. The predicted molar refractivity (Wildman–Crippen MR) is 83.1 cm³/mol. The van der Waals surface area contributed by atoms with Crippen molar-refractivity contribution >= 4 is 17.1 Å². The van der Waals surface area contributed by atoms with Gasteiger partial charge in [-0.3, -0.25) is 4.79 Å². The van der Waals surface area contributed by atoms with Crippen LogP contribution in [0.1, 0.15) is 28.4 Å². The summed E-state index contributed by atoms with van der Waals surface area (Å²) >= 11 is 0. The highest BCUT2D eigenvalue weighted by atomic mass is 19.4. The minimum Gasteiger partial charge on any atom is -0.350 e. The highest BCUT2D eigenvalue weighted by Gasteiger charge is 2.35. The Balaban J connectivity index is 1.39. The number of fused-ring (bicyclic) bond motifs is 2. The zero-order chi connectivity index (χ0) is 18.3. The smallest absolute Gasteiger partial charge is 0.350 e. The van der Waals surface area contributed by atoms with Crippen molar-refractivity contribution in [3.8, 4) is 0 Å². The van der Waals surface area contributed by atoms with Crippen LogP contribution in [0.25, 0.3) is 11.2 Å². The maximum Gasteiger partial charge on any atom is 0.434 e. The Morgan fingerprint density at radius 1 is 1.31 bits per heavy atom. The van der Waals surface area contributed by atoms with Crippen molar-refractivity contribution in [1.82, 2.24) is 35.3 Å². The molecule has 0 aromatic carbocycles. The highest BCUT2D eigenvalue weighted by Crippen LogP contribution is 2.30. The first-order valence-corrected chi connectivity index (χ1v) is 7.99. The topological polar surface area (TPSA) is 101 Å². The lowest BCUT2D eigenvalue weighted by molar-refractivity contribution is -0.141. The molecule has 26 heavy (non-hydrogen) atoms. The molecule has 0 bridgehead atoms. The monoisotopic (exact) mass is 365 g/mol. The number of carbonyl (C=O) groups excluding carboxylic acids is 1. The van der Waals surface area contributed by atoms with E-state index in [2.05, 4.69) is 30.7 Å². The zero-order valence-corrected chi connectivity index (χ0v) is 13.4. The Morgan fingerprint density at radius 3 is 2.96 bits per heavy atom. The summed E-state index contributed by atoms with van der Waals surface area (Å²) in [5.74, 6) is 0.0953. The molecule has 4 heterocycles. The fourth-order valence-corrected chi connectivity index (χ4v) is 3.01. The van der Waals surface area contributed by atoms with E-state index in [0.29, 0.717) is 42.9 Å². The van der Waals surface area contributed by atoms with Crippen LogP contribution >= 0.6 is 0 Å². The number of hydrogen-bond acceptors (Lipinski definition) is 5. The summed E-state index contributed by atoms with van der Waals surface area (Å²) in [5.41, 5.74) is 0.243. The highest BCUT2D eigenvalue weighted by molar-refractivity contribution is 5.93. The summed E-state index contributed by atoms with van der Waals surface area (Å²) in [5, 5.41) is 12.9. The molecule has 1 atom stereocenters. The van der Waals surface area contributed by atoms with Crippen molar-refractivity contribution in [3.05, 3.63) is 35.5 Å². The maximum absolute atomic E-state index is 12.7. The fraction of sp³-hybridized carbons (Fsp3) is 0.400. The number of halogens is 3. The molecule has 0 saturated carbocycles. The Bertz CT molecular complexity index is 962. The van der Waals surface area contributed by atoms with E-state index in [0.717, 1.165) is 6.20 Å². The van der Waals surface area contributed by atoms with Gasteiger partial charge in [0.1, 0.15) is 17.0 Å². The van der Waals surface area contributed by atoms with E-state index in [-0.39, 0.29) is 17.5 Å². The molecule has 0 aliphatic carbocycles. The van der Waals surface area contributed by atoms with Crippen molar-refractivity contribution < 1.29 is 18.0 Å². The molecule has 0 fully saturated rings. The number of alkyl halides is 3. The SMILES string of the molecule is O=C(NC[C@H]1CCc2nc(C(F)(F)F)cn2C1)c1ccc2n[nH]nc2n1. The normalized spacial score (nSPS) is 17.3. The molecule has 136 valence electrons. The Labute approximate surface area is 144 Å². The van der Waals surface area contributed by atoms with Gasteiger partial charge in [0, 0.05) is 25.7 Å². The lowest BCUT2D eigenvalue weighted by atomic mass is 9.99. The van der Waals surface area contributed by atoms with Crippen LogP contribution in [0, 0.1) is 5.92 Å².